The second-order valence-electron chi connectivity index (χ2n) is 4.94. The lowest BCUT2D eigenvalue weighted by Crippen LogP contribution is -2.14. The fraction of sp³-hybridized carbons (Fsp3) is 0.188. The van der Waals surface area contributed by atoms with Crippen LogP contribution >= 0.6 is 11.8 Å². The summed E-state index contributed by atoms with van der Waals surface area (Å²) in [6, 6.07) is 11.2. The van der Waals surface area contributed by atoms with Crippen molar-refractivity contribution in [1.29, 1.82) is 0 Å². The predicted octanol–water partition coefficient (Wildman–Crippen LogP) is 3.69. The summed E-state index contributed by atoms with van der Waals surface area (Å²) in [5.74, 6) is -0.110. The lowest BCUT2D eigenvalue weighted by atomic mass is 10.1. The Morgan fingerprint density at radius 2 is 1.92 bits per heavy atom. The SMILES string of the molecule is C[C@@H](Sc1nnc2ccccn12)C(=O)c1ccc(OC(F)F)cc1. The Labute approximate surface area is 140 Å². The summed E-state index contributed by atoms with van der Waals surface area (Å²) in [5.41, 5.74) is 1.12. The molecule has 8 heteroatoms. The van der Waals surface area contributed by atoms with Crippen LogP contribution in [0.3, 0.4) is 0 Å². The van der Waals surface area contributed by atoms with E-state index in [0.29, 0.717) is 16.4 Å². The molecular weight excluding hydrogens is 336 g/mol. The molecule has 0 fully saturated rings. The summed E-state index contributed by atoms with van der Waals surface area (Å²) in [4.78, 5) is 12.5. The third-order valence-electron chi connectivity index (χ3n) is 3.30. The first kappa shape index (κ1) is 16.4. The topological polar surface area (TPSA) is 56.5 Å². The maximum absolute atomic E-state index is 12.5. The van der Waals surface area contributed by atoms with Crippen molar-refractivity contribution in [3.8, 4) is 5.75 Å². The number of ketones is 1. The summed E-state index contributed by atoms with van der Waals surface area (Å²) < 4.78 is 30.4. The molecule has 0 spiro atoms. The number of fused-ring (bicyclic) bond motifs is 1. The van der Waals surface area contributed by atoms with E-state index in [4.69, 9.17) is 0 Å². The Morgan fingerprint density at radius 1 is 1.17 bits per heavy atom. The van der Waals surface area contributed by atoms with Crippen LogP contribution < -0.4 is 4.74 Å². The van der Waals surface area contributed by atoms with Crippen LogP contribution in [0.2, 0.25) is 0 Å². The zero-order valence-corrected chi connectivity index (χ0v) is 13.4. The molecule has 0 bridgehead atoms. The van der Waals surface area contributed by atoms with Crippen LogP contribution in [0.15, 0.2) is 53.8 Å². The van der Waals surface area contributed by atoms with Crippen LogP contribution in [0.4, 0.5) is 8.78 Å². The van der Waals surface area contributed by atoms with Gasteiger partial charge in [0, 0.05) is 11.8 Å². The number of rotatable bonds is 6. The van der Waals surface area contributed by atoms with Gasteiger partial charge in [-0.25, -0.2) is 0 Å². The number of Topliss-reactive ketones (excluding diaryl/α,β-unsaturated/α-hetero) is 1. The van der Waals surface area contributed by atoms with Crippen LogP contribution in [0.25, 0.3) is 5.65 Å². The fourth-order valence-electron chi connectivity index (χ4n) is 2.15. The quantitative estimate of drug-likeness (QED) is 0.502. The minimum Gasteiger partial charge on any atom is -0.435 e. The van der Waals surface area contributed by atoms with E-state index >= 15 is 0 Å². The standard InChI is InChI=1S/C16H13F2N3O2S/c1-10(24-16-20-19-13-4-2-3-9-21(13)16)14(22)11-5-7-12(8-6-11)23-15(17)18/h2-10,15H,1H3/t10-/m1/s1. The van der Waals surface area contributed by atoms with Crippen molar-refractivity contribution >= 4 is 23.2 Å². The molecule has 0 aliphatic carbocycles. The molecule has 2 heterocycles. The number of halogens is 2. The first-order chi connectivity index (χ1) is 11.5. The molecule has 5 nitrogen and oxygen atoms in total. The minimum atomic E-state index is -2.89. The highest BCUT2D eigenvalue weighted by Gasteiger charge is 2.19. The summed E-state index contributed by atoms with van der Waals surface area (Å²) in [7, 11) is 0. The Morgan fingerprint density at radius 3 is 2.62 bits per heavy atom. The second kappa shape index (κ2) is 6.96. The van der Waals surface area contributed by atoms with Gasteiger partial charge < -0.3 is 4.74 Å². The summed E-state index contributed by atoms with van der Waals surface area (Å²) in [5, 5.41) is 8.33. The Bertz CT molecular complexity index is 852. The molecule has 0 aliphatic heterocycles. The number of thioether (sulfide) groups is 1. The van der Waals surface area contributed by atoms with Gasteiger partial charge in [0.2, 0.25) is 0 Å². The third kappa shape index (κ3) is 3.53. The minimum absolute atomic E-state index is 0.0188. The molecule has 3 rings (SSSR count). The Balaban J connectivity index is 1.72. The van der Waals surface area contributed by atoms with E-state index in [1.165, 1.54) is 36.0 Å². The molecular formula is C16H13F2N3O2S. The van der Waals surface area contributed by atoms with E-state index in [1.807, 2.05) is 24.4 Å². The van der Waals surface area contributed by atoms with Crippen molar-refractivity contribution in [2.45, 2.75) is 23.9 Å². The van der Waals surface area contributed by atoms with Gasteiger partial charge >= 0.3 is 6.61 Å². The second-order valence-corrected chi connectivity index (χ2v) is 6.25. The van der Waals surface area contributed by atoms with E-state index in [0.717, 1.165) is 0 Å². The number of aromatic nitrogens is 3. The van der Waals surface area contributed by atoms with Crippen LogP contribution in [0.1, 0.15) is 17.3 Å². The normalized spacial score (nSPS) is 12.5. The van der Waals surface area contributed by atoms with Gasteiger partial charge in [0.1, 0.15) is 5.75 Å². The van der Waals surface area contributed by atoms with Crippen molar-refractivity contribution in [2.75, 3.05) is 0 Å². The summed E-state index contributed by atoms with van der Waals surface area (Å²) in [6.07, 6.45) is 1.82. The average molecular weight is 349 g/mol. The van der Waals surface area contributed by atoms with Gasteiger partial charge in [-0.05, 0) is 43.3 Å². The molecule has 0 N–H and O–H groups in total. The lowest BCUT2D eigenvalue weighted by Gasteiger charge is -2.10. The van der Waals surface area contributed by atoms with E-state index < -0.39 is 11.9 Å². The molecule has 0 radical (unpaired) electrons. The molecule has 2 aromatic heterocycles. The number of benzene rings is 1. The highest BCUT2D eigenvalue weighted by Crippen LogP contribution is 2.25. The summed E-state index contributed by atoms with van der Waals surface area (Å²) in [6.45, 7) is -1.12. The van der Waals surface area contributed by atoms with Gasteiger partial charge in [0.25, 0.3) is 0 Å². The van der Waals surface area contributed by atoms with Crippen LogP contribution in [-0.4, -0.2) is 32.2 Å². The monoisotopic (exact) mass is 349 g/mol. The molecule has 0 aliphatic rings. The van der Waals surface area contributed by atoms with Crippen LogP contribution in [0.5, 0.6) is 5.75 Å². The van der Waals surface area contributed by atoms with Gasteiger partial charge in [-0.1, -0.05) is 17.8 Å². The van der Waals surface area contributed by atoms with Gasteiger partial charge in [0.05, 0.1) is 5.25 Å². The average Bonchev–Trinajstić information content (AvgIpc) is 2.97. The van der Waals surface area contributed by atoms with E-state index in [1.54, 1.807) is 11.3 Å². The molecule has 24 heavy (non-hydrogen) atoms. The van der Waals surface area contributed by atoms with Crippen molar-refractivity contribution in [1.82, 2.24) is 14.6 Å². The zero-order valence-electron chi connectivity index (χ0n) is 12.6. The highest BCUT2D eigenvalue weighted by molar-refractivity contribution is 8.00. The van der Waals surface area contributed by atoms with E-state index in [2.05, 4.69) is 14.9 Å². The Kier molecular flexibility index (Phi) is 4.75. The maximum atomic E-state index is 12.5. The highest BCUT2D eigenvalue weighted by atomic mass is 32.2. The Hall–Kier alpha value is -2.48. The van der Waals surface area contributed by atoms with Crippen molar-refractivity contribution in [3.05, 3.63) is 54.2 Å². The molecule has 3 aromatic rings. The molecule has 124 valence electrons. The summed E-state index contributed by atoms with van der Waals surface area (Å²) >= 11 is 1.29. The number of alkyl halides is 2. The number of nitrogens with zero attached hydrogens (tertiary/aromatic N) is 3. The smallest absolute Gasteiger partial charge is 0.387 e. The molecule has 1 atom stereocenters. The molecule has 0 amide bonds. The first-order valence-electron chi connectivity index (χ1n) is 7.10. The zero-order chi connectivity index (χ0) is 17.1. The lowest BCUT2D eigenvalue weighted by molar-refractivity contribution is -0.0498. The van der Waals surface area contributed by atoms with Gasteiger partial charge in [-0.2, -0.15) is 8.78 Å². The molecule has 0 unspecified atom stereocenters. The van der Waals surface area contributed by atoms with Crippen LogP contribution in [0, 0.1) is 0 Å². The number of carbonyl (C=O) groups is 1. The number of hydrogen-bond donors (Lipinski definition) is 0. The number of carbonyl (C=O) groups excluding carboxylic acids is 1. The van der Waals surface area contributed by atoms with Crippen LogP contribution in [-0.2, 0) is 0 Å². The molecule has 1 aromatic carbocycles. The van der Waals surface area contributed by atoms with Crippen molar-refractivity contribution in [2.24, 2.45) is 0 Å². The largest absolute Gasteiger partial charge is 0.435 e. The number of ether oxygens (including phenoxy) is 1. The number of hydrogen-bond acceptors (Lipinski definition) is 5. The van der Waals surface area contributed by atoms with Gasteiger partial charge in [-0.3, -0.25) is 9.20 Å². The predicted molar refractivity (Wildman–Crippen MR) is 85.7 cm³/mol. The maximum Gasteiger partial charge on any atom is 0.387 e. The molecule has 0 saturated heterocycles. The van der Waals surface area contributed by atoms with Crippen molar-refractivity contribution in [3.63, 3.8) is 0 Å². The van der Waals surface area contributed by atoms with E-state index in [-0.39, 0.29) is 11.5 Å². The van der Waals surface area contributed by atoms with E-state index in [9.17, 15) is 13.6 Å². The number of pyridine rings is 1. The first-order valence-corrected chi connectivity index (χ1v) is 7.98. The molecule has 0 saturated carbocycles. The third-order valence-corrected chi connectivity index (χ3v) is 4.35. The van der Waals surface area contributed by atoms with Gasteiger partial charge in [0.15, 0.2) is 16.6 Å². The van der Waals surface area contributed by atoms with Gasteiger partial charge in [-0.15, -0.1) is 10.2 Å². The van der Waals surface area contributed by atoms with Crippen molar-refractivity contribution < 1.29 is 18.3 Å². The fourth-order valence-corrected chi connectivity index (χ4v) is 3.06.